The van der Waals surface area contributed by atoms with Gasteiger partial charge in [0, 0.05) is 38.6 Å². The van der Waals surface area contributed by atoms with Crippen LogP contribution in [0.1, 0.15) is 22.9 Å². The van der Waals surface area contributed by atoms with Crippen LogP contribution in [0.25, 0.3) is 5.76 Å². The van der Waals surface area contributed by atoms with E-state index in [1.165, 1.54) is 49.5 Å². The summed E-state index contributed by atoms with van der Waals surface area (Å²) in [6.07, 6.45) is 4.60. The van der Waals surface area contributed by atoms with Gasteiger partial charge >= 0.3 is 0 Å². The van der Waals surface area contributed by atoms with Gasteiger partial charge < -0.3 is 14.4 Å². The Morgan fingerprint density at radius 2 is 1.85 bits per heavy atom. The molecule has 4 rings (SSSR count). The zero-order valence-corrected chi connectivity index (χ0v) is 18.7. The van der Waals surface area contributed by atoms with E-state index < -0.39 is 33.5 Å². The number of hydrogen-bond donors (Lipinski definition) is 1. The molecule has 170 valence electrons. The highest BCUT2D eigenvalue weighted by atomic mass is 32.2. The third kappa shape index (κ3) is 4.06. The van der Waals surface area contributed by atoms with Crippen LogP contribution in [0.3, 0.4) is 0 Å². The van der Waals surface area contributed by atoms with E-state index in [9.17, 15) is 23.1 Å². The molecular formula is C23H21N3O6S. The van der Waals surface area contributed by atoms with Crippen LogP contribution < -0.4 is 0 Å². The molecule has 2 aromatic heterocycles. The monoisotopic (exact) mass is 467 g/mol. The van der Waals surface area contributed by atoms with Gasteiger partial charge in [0.1, 0.15) is 17.6 Å². The molecular weight excluding hydrogens is 446 g/mol. The number of carbonyl (C=O) groups excluding carboxylic acids is 2. The standard InChI is InChI=1S/C23H21N3O6S/c1-25(2)33(30,31)17-9-7-16(8-10-17)21(27)19-20(18-6-4-12-32-18)26(23(29)22(19)28)14-15-5-3-11-24-13-15/h3-13,20,27H,14H2,1-2H3/t20-/m1/s1. The highest BCUT2D eigenvalue weighted by Crippen LogP contribution is 2.40. The molecule has 1 aromatic carbocycles. The van der Waals surface area contributed by atoms with Crippen molar-refractivity contribution in [3.8, 4) is 0 Å². The molecule has 0 radical (unpaired) electrons. The third-order valence-electron chi connectivity index (χ3n) is 5.33. The van der Waals surface area contributed by atoms with Crippen molar-refractivity contribution in [2.24, 2.45) is 0 Å². The Labute approximate surface area is 190 Å². The molecule has 0 aliphatic carbocycles. The molecule has 3 aromatic rings. The van der Waals surface area contributed by atoms with E-state index in [-0.39, 0.29) is 22.6 Å². The fourth-order valence-electron chi connectivity index (χ4n) is 3.63. The molecule has 1 saturated heterocycles. The summed E-state index contributed by atoms with van der Waals surface area (Å²) < 4.78 is 31.2. The van der Waals surface area contributed by atoms with Gasteiger partial charge in [-0.15, -0.1) is 0 Å². The number of hydrogen-bond acceptors (Lipinski definition) is 7. The van der Waals surface area contributed by atoms with Gasteiger partial charge in [-0.05, 0) is 48.0 Å². The first-order valence-electron chi connectivity index (χ1n) is 9.95. The number of likely N-dealkylation sites (tertiary alicyclic amines) is 1. The molecule has 1 aliphatic rings. The number of aliphatic hydroxyl groups excluding tert-OH is 1. The normalized spacial score (nSPS) is 18.3. The van der Waals surface area contributed by atoms with Gasteiger partial charge in [0.15, 0.2) is 0 Å². The molecule has 9 nitrogen and oxygen atoms in total. The van der Waals surface area contributed by atoms with Crippen LogP contribution in [-0.4, -0.2) is 53.5 Å². The minimum atomic E-state index is -3.66. The van der Waals surface area contributed by atoms with Crippen molar-refractivity contribution in [3.63, 3.8) is 0 Å². The van der Waals surface area contributed by atoms with Gasteiger partial charge in [-0.1, -0.05) is 6.07 Å². The fourth-order valence-corrected chi connectivity index (χ4v) is 4.53. The molecule has 33 heavy (non-hydrogen) atoms. The molecule has 10 heteroatoms. The number of carbonyl (C=O) groups is 2. The number of nitrogens with zero attached hydrogens (tertiary/aromatic N) is 3. The maximum Gasteiger partial charge on any atom is 0.296 e. The topological polar surface area (TPSA) is 121 Å². The van der Waals surface area contributed by atoms with E-state index >= 15 is 0 Å². The average molecular weight is 468 g/mol. The molecule has 1 amide bonds. The average Bonchev–Trinajstić information content (AvgIpc) is 3.42. The SMILES string of the molecule is CN(C)S(=O)(=O)c1ccc(C(O)=C2C(=O)C(=O)N(Cc3cccnc3)[C@@H]2c2ccco2)cc1. The Morgan fingerprint density at radius 3 is 2.42 bits per heavy atom. The first-order valence-corrected chi connectivity index (χ1v) is 11.4. The van der Waals surface area contributed by atoms with Crippen molar-refractivity contribution in [1.82, 2.24) is 14.2 Å². The van der Waals surface area contributed by atoms with Crippen molar-refractivity contribution in [3.05, 3.63) is 89.6 Å². The molecule has 1 N–H and O–H groups in total. The lowest BCUT2D eigenvalue weighted by Gasteiger charge is -2.23. The number of furan rings is 1. The zero-order valence-electron chi connectivity index (χ0n) is 17.9. The number of pyridine rings is 1. The maximum absolute atomic E-state index is 13.0. The first-order chi connectivity index (χ1) is 15.7. The van der Waals surface area contributed by atoms with Crippen LogP contribution >= 0.6 is 0 Å². The van der Waals surface area contributed by atoms with Crippen LogP contribution in [0, 0.1) is 0 Å². The van der Waals surface area contributed by atoms with E-state index in [0.29, 0.717) is 11.3 Å². The summed E-state index contributed by atoms with van der Waals surface area (Å²) in [4.78, 5) is 31.3. The summed E-state index contributed by atoms with van der Waals surface area (Å²) in [6, 6.07) is 11.2. The van der Waals surface area contributed by atoms with Gasteiger partial charge in [-0.3, -0.25) is 14.6 Å². The third-order valence-corrected chi connectivity index (χ3v) is 7.16. The van der Waals surface area contributed by atoms with Gasteiger partial charge in [0.25, 0.3) is 11.7 Å². The van der Waals surface area contributed by atoms with E-state index in [2.05, 4.69) is 4.98 Å². The van der Waals surface area contributed by atoms with E-state index in [1.807, 2.05) is 0 Å². The fraction of sp³-hybridized carbons (Fsp3) is 0.174. The smallest absolute Gasteiger partial charge is 0.296 e. The number of Topliss-reactive ketones (excluding diaryl/α,β-unsaturated/α-hetero) is 1. The quantitative estimate of drug-likeness (QED) is 0.336. The van der Waals surface area contributed by atoms with E-state index in [1.54, 1.807) is 36.7 Å². The van der Waals surface area contributed by atoms with Crippen LogP contribution in [0.5, 0.6) is 0 Å². The number of amides is 1. The van der Waals surface area contributed by atoms with E-state index in [0.717, 1.165) is 4.31 Å². The van der Waals surface area contributed by atoms with Crippen LogP contribution in [0.15, 0.2) is 82.1 Å². The lowest BCUT2D eigenvalue weighted by molar-refractivity contribution is -0.140. The van der Waals surface area contributed by atoms with Crippen LogP contribution in [0.2, 0.25) is 0 Å². The minimum absolute atomic E-state index is 0.0312. The second kappa shape index (κ2) is 8.64. The van der Waals surface area contributed by atoms with Gasteiger partial charge in [0.05, 0.1) is 16.7 Å². The maximum atomic E-state index is 13.0. The minimum Gasteiger partial charge on any atom is -0.507 e. The number of ketones is 1. The predicted octanol–water partition coefficient (Wildman–Crippen LogP) is 2.55. The lowest BCUT2D eigenvalue weighted by Crippen LogP contribution is -2.29. The number of aromatic nitrogens is 1. The zero-order chi connectivity index (χ0) is 23.8. The van der Waals surface area contributed by atoms with Crippen LogP contribution in [0.4, 0.5) is 0 Å². The van der Waals surface area contributed by atoms with Crippen molar-refractivity contribution in [1.29, 1.82) is 0 Å². The van der Waals surface area contributed by atoms with Gasteiger partial charge in [-0.2, -0.15) is 0 Å². The number of benzene rings is 1. The summed E-state index contributed by atoms with van der Waals surface area (Å²) >= 11 is 0. The Morgan fingerprint density at radius 1 is 1.12 bits per heavy atom. The van der Waals surface area contributed by atoms with Crippen molar-refractivity contribution in [2.45, 2.75) is 17.5 Å². The molecule has 3 heterocycles. The highest BCUT2D eigenvalue weighted by molar-refractivity contribution is 7.89. The molecule has 0 unspecified atom stereocenters. The largest absolute Gasteiger partial charge is 0.507 e. The van der Waals surface area contributed by atoms with Gasteiger partial charge in [-0.25, -0.2) is 12.7 Å². The van der Waals surface area contributed by atoms with Crippen molar-refractivity contribution >= 4 is 27.5 Å². The second-order valence-electron chi connectivity index (χ2n) is 7.62. The Kier molecular flexibility index (Phi) is 5.88. The van der Waals surface area contributed by atoms with Gasteiger partial charge in [0.2, 0.25) is 10.0 Å². The van der Waals surface area contributed by atoms with Crippen molar-refractivity contribution in [2.75, 3.05) is 14.1 Å². The molecule has 0 spiro atoms. The summed E-state index contributed by atoms with van der Waals surface area (Å²) in [5.41, 5.74) is 0.764. The molecule has 1 atom stereocenters. The Bertz CT molecular complexity index is 1310. The molecule has 0 saturated carbocycles. The lowest BCUT2D eigenvalue weighted by atomic mass is 9.99. The predicted molar refractivity (Wildman–Crippen MR) is 118 cm³/mol. The Hall–Kier alpha value is -3.76. The molecule has 0 bridgehead atoms. The van der Waals surface area contributed by atoms with E-state index in [4.69, 9.17) is 4.42 Å². The molecule has 1 fully saturated rings. The summed E-state index contributed by atoms with van der Waals surface area (Å²) in [5.74, 6) is -1.75. The number of rotatable bonds is 6. The summed E-state index contributed by atoms with van der Waals surface area (Å²) in [7, 11) is -0.836. The highest BCUT2D eigenvalue weighted by Gasteiger charge is 2.47. The second-order valence-corrected chi connectivity index (χ2v) is 9.77. The van der Waals surface area contributed by atoms with Crippen molar-refractivity contribution < 1.29 is 27.5 Å². The van der Waals surface area contributed by atoms with Crippen LogP contribution in [-0.2, 0) is 26.2 Å². The number of sulfonamides is 1. The summed E-state index contributed by atoms with van der Waals surface area (Å²) in [5, 5.41) is 11.0. The Balaban J connectivity index is 1.79. The molecule has 1 aliphatic heterocycles. The number of aliphatic hydroxyl groups is 1. The summed E-state index contributed by atoms with van der Waals surface area (Å²) in [6.45, 7) is 0.0839. The first kappa shape index (κ1) is 22.4.